The third kappa shape index (κ3) is 2.72. The van der Waals surface area contributed by atoms with E-state index in [2.05, 4.69) is 6.07 Å². The zero-order chi connectivity index (χ0) is 14.8. The molecule has 0 aliphatic heterocycles. The number of nitrogens with zero attached hydrogens (tertiary/aromatic N) is 2. The quantitative estimate of drug-likeness (QED) is 0.857. The average Bonchev–Trinajstić information content (AvgIpc) is 2.93. The molecule has 1 aromatic carbocycles. The summed E-state index contributed by atoms with van der Waals surface area (Å²) in [6.45, 7) is 4.14. The molecule has 2 rings (SSSR count). The van der Waals surface area contributed by atoms with Crippen LogP contribution >= 0.6 is 0 Å². The predicted octanol–water partition coefficient (Wildman–Crippen LogP) is 2.82. The van der Waals surface area contributed by atoms with E-state index in [4.69, 9.17) is 5.26 Å². The minimum Gasteiger partial charge on any atom is -0.207 e. The molecule has 0 radical (unpaired) electrons. The van der Waals surface area contributed by atoms with Crippen molar-refractivity contribution in [1.29, 1.82) is 5.26 Å². The first-order chi connectivity index (χ1) is 9.50. The highest BCUT2D eigenvalue weighted by Gasteiger charge is 2.32. The number of benzene rings is 1. The Balaban J connectivity index is 2.38. The second-order valence-corrected chi connectivity index (χ2v) is 7.13. The summed E-state index contributed by atoms with van der Waals surface area (Å²) < 4.78 is 27.1. The van der Waals surface area contributed by atoms with Crippen molar-refractivity contribution < 1.29 is 8.42 Å². The summed E-state index contributed by atoms with van der Waals surface area (Å²) in [6, 6.07) is 6.92. The van der Waals surface area contributed by atoms with Crippen LogP contribution in [0.5, 0.6) is 0 Å². The van der Waals surface area contributed by atoms with E-state index in [1.54, 1.807) is 29.4 Å². The van der Waals surface area contributed by atoms with Crippen molar-refractivity contribution in [3.05, 3.63) is 29.3 Å². The van der Waals surface area contributed by atoms with Gasteiger partial charge in [-0.1, -0.05) is 19.8 Å². The third-order valence-corrected chi connectivity index (χ3v) is 5.99. The number of hydrogen-bond donors (Lipinski definition) is 0. The molecule has 0 N–H and O–H groups in total. The Hall–Kier alpha value is -1.38. The Labute approximate surface area is 121 Å². The van der Waals surface area contributed by atoms with E-state index in [0.29, 0.717) is 22.6 Å². The molecular formula is C15H20N2O2S. The summed E-state index contributed by atoms with van der Waals surface area (Å²) in [5.41, 5.74) is 1.23. The molecule has 108 valence electrons. The Morgan fingerprint density at radius 2 is 2.00 bits per heavy atom. The maximum atomic E-state index is 12.7. The molecular weight excluding hydrogens is 272 g/mol. The molecule has 1 aliphatic carbocycles. The molecule has 4 nitrogen and oxygen atoms in total. The lowest BCUT2D eigenvalue weighted by atomic mass is 10.1. The minimum atomic E-state index is -3.46. The zero-order valence-electron chi connectivity index (χ0n) is 12.0. The van der Waals surface area contributed by atoms with E-state index in [0.717, 1.165) is 25.7 Å². The van der Waals surface area contributed by atoms with Crippen LogP contribution in [0.2, 0.25) is 0 Å². The fourth-order valence-electron chi connectivity index (χ4n) is 2.87. The monoisotopic (exact) mass is 292 g/mol. The molecule has 0 atom stereocenters. The highest BCUT2D eigenvalue weighted by Crippen LogP contribution is 2.29. The van der Waals surface area contributed by atoms with Gasteiger partial charge in [0.1, 0.15) is 0 Å². The summed E-state index contributed by atoms with van der Waals surface area (Å²) in [5.74, 6) is 0. The largest absolute Gasteiger partial charge is 0.243 e. The van der Waals surface area contributed by atoms with Crippen LogP contribution in [0.15, 0.2) is 23.1 Å². The van der Waals surface area contributed by atoms with Gasteiger partial charge in [0.05, 0.1) is 16.5 Å². The van der Waals surface area contributed by atoms with E-state index in [9.17, 15) is 8.42 Å². The first-order valence-electron chi connectivity index (χ1n) is 7.03. The van der Waals surface area contributed by atoms with Crippen LogP contribution in [0.3, 0.4) is 0 Å². The van der Waals surface area contributed by atoms with Gasteiger partial charge in [0.25, 0.3) is 0 Å². The molecule has 1 aliphatic rings. The van der Waals surface area contributed by atoms with Gasteiger partial charge in [-0.2, -0.15) is 9.57 Å². The number of hydrogen-bond acceptors (Lipinski definition) is 3. The van der Waals surface area contributed by atoms with Crippen molar-refractivity contribution in [3.63, 3.8) is 0 Å². The Morgan fingerprint density at radius 3 is 2.50 bits per heavy atom. The molecule has 0 aromatic heterocycles. The standard InChI is InChI=1S/C15H20N2O2S/c1-3-17(14-6-4-5-7-14)20(18,19)15-9-8-13(11-16)12(2)10-15/h8-10,14H,3-7H2,1-2H3. The Morgan fingerprint density at radius 1 is 1.35 bits per heavy atom. The first kappa shape index (κ1) is 15.0. The molecule has 5 heteroatoms. The van der Waals surface area contributed by atoms with Gasteiger partial charge in [-0.05, 0) is 43.5 Å². The van der Waals surface area contributed by atoms with Gasteiger partial charge in [-0.3, -0.25) is 0 Å². The van der Waals surface area contributed by atoms with Gasteiger partial charge in [0.2, 0.25) is 10.0 Å². The van der Waals surface area contributed by atoms with Crippen LogP contribution < -0.4 is 0 Å². The van der Waals surface area contributed by atoms with Gasteiger partial charge < -0.3 is 0 Å². The van der Waals surface area contributed by atoms with E-state index in [1.165, 1.54) is 0 Å². The second kappa shape index (κ2) is 5.94. The van der Waals surface area contributed by atoms with E-state index in [1.807, 2.05) is 6.92 Å². The lowest BCUT2D eigenvalue weighted by molar-refractivity contribution is 0.335. The van der Waals surface area contributed by atoms with Crippen LogP contribution in [-0.4, -0.2) is 25.3 Å². The highest BCUT2D eigenvalue weighted by molar-refractivity contribution is 7.89. The van der Waals surface area contributed by atoms with E-state index >= 15 is 0 Å². The summed E-state index contributed by atoms with van der Waals surface area (Å²) in [5, 5.41) is 8.93. The Kier molecular flexibility index (Phi) is 4.46. The summed E-state index contributed by atoms with van der Waals surface area (Å²) in [6.07, 6.45) is 4.09. The lowest BCUT2D eigenvalue weighted by Gasteiger charge is -2.26. The molecule has 0 bridgehead atoms. The molecule has 1 fully saturated rings. The smallest absolute Gasteiger partial charge is 0.207 e. The van der Waals surface area contributed by atoms with Crippen LogP contribution in [0.1, 0.15) is 43.7 Å². The van der Waals surface area contributed by atoms with Gasteiger partial charge >= 0.3 is 0 Å². The predicted molar refractivity (Wildman–Crippen MR) is 77.7 cm³/mol. The SMILES string of the molecule is CCN(C1CCCC1)S(=O)(=O)c1ccc(C#N)c(C)c1. The van der Waals surface area contributed by atoms with Crippen LogP contribution in [0, 0.1) is 18.3 Å². The fourth-order valence-corrected chi connectivity index (χ4v) is 4.65. The molecule has 0 amide bonds. The zero-order valence-corrected chi connectivity index (χ0v) is 12.8. The lowest BCUT2D eigenvalue weighted by Crippen LogP contribution is -2.38. The van der Waals surface area contributed by atoms with Crippen LogP contribution in [-0.2, 0) is 10.0 Å². The maximum Gasteiger partial charge on any atom is 0.243 e. The second-order valence-electron chi connectivity index (χ2n) is 5.24. The molecule has 20 heavy (non-hydrogen) atoms. The van der Waals surface area contributed by atoms with Gasteiger partial charge in [0.15, 0.2) is 0 Å². The molecule has 1 saturated carbocycles. The van der Waals surface area contributed by atoms with Crippen molar-refractivity contribution in [1.82, 2.24) is 4.31 Å². The van der Waals surface area contributed by atoms with Crippen molar-refractivity contribution in [2.75, 3.05) is 6.54 Å². The highest BCUT2D eigenvalue weighted by atomic mass is 32.2. The van der Waals surface area contributed by atoms with Gasteiger partial charge in [-0.15, -0.1) is 0 Å². The maximum absolute atomic E-state index is 12.7. The third-order valence-electron chi connectivity index (χ3n) is 3.97. The first-order valence-corrected chi connectivity index (χ1v) is 8.47. The molecule has 0 spiro atoms. The van der Waals surface area contributed by atoms with Crippen molar-refractivity contribution in [2.24, 2.45) is 0 Å². The van der Waals surface area contributed by atoms with Gasteiger partial charge in [-0.25, -0.2) is 8.42 Å². The summed E-state index contributed by atoms with van der Waals surface area (Å²) in [7, 11) is -3.46. The van der Waals surface area contributed by atoms with Crippen molar-refractivity contribution >= 4 is 10.0 Å². The molecule has 0 heterocycles. The number of sulfonamides is 1. The van der Waals surface area contributed by atoms with Crippen LogP contribution in [0.25, 0.3) is 0 Å². The minimum absolute atomic E-state index is 0.126. The van der Waals surface area contributed by atoms with Crippen molar-refractivity contribution in [2.45, 2.75) is 50.5 Å². The number of nitriles is 1. The molecule has 0 saturated heterocycles. The Bertz CT molecular complexity index is 626. The van der Waals surface area contributed by atoms with Crippen LogP contribution in [0.4, 0.5) is 0 Å². The number of rotatable bonds is 4. The molecule has 1 aromatic rings. The summed E-state index contributed by atoms with van der Waals surface area (Å²) >= 11 is 0. The van der Waals surface area contributed by atoms with Crippen molar-refractivity contribution in [3.8, 4) is 6.07 Å². The average molecular weight is 292 g/mol. The van der Waals surface area contributed by atoms with E-state index < -0.39 is 10.0 Å². The van der Waals surface area contributed by atoms with E-state index in [-0.39, 0.29) is 6.04 Å². The fraction of sp³-hybridized carbons (Fsp3) is 0.533. The molecule has 0 unspecified atom stereocenters. The number of aryl methyl sites for hydroxylation is 1. The normalized spacial score (nSPS) is 16.5. The van der Waals surface area contributed by atoms with Gasteiger partial charge in [0, 0.05) is 12.6 Å². The topological polar surface area (TPSA) is 61.2 Å². The summed E-state index contributed by atoms with van der Waals surface area (Å²) in [4.78, 5) is 0.294.